The lowest BCUT2D eigenvalue weighted by Crippen LogP contribution is -2.48. The lowest BCUT2D eigenvalue weighted by molar-refractivity contribution is 0.340. The summed E-state index contributed by atoms with van der Waals surface area (Å²) in [5, 5.41) is 0.436. The van der Waals surface area contributed by atoms with Crippen LogP contribution < -0.4 is 11.4 Å². The van der Waals surface area contributed by atoms with E-state index in [2.05, 4.69) is 4.98 Å². The minimum absolute atomic E-state index is 0.327. The van der Waals surface area contributed by atoms with Gasteiger partial charge in [0, 0.05) is 12.6 Å². The molecule has 0 amide bonds. The molecule has 0 aliphatic carbocycles. The summed E-state index contributed by atoms with van der Waals surface area (Å²) in [5.74, 6) is 0. The molecule has 1 rings (SSSR count). The van der Waals surface area contributed by atoms with Gasteiger partial charge in [-0.15, -0.1) is 0 Å². The highest BCUT2D eigenvalue weighted by Gasteiger charge is 2.20. The van der Waals surface area contributed by atoms with Crippen LogP contribution in [0.4, 0.5) is 0 Å². The Morgan fingerprint density at radius 3 is 2.20 bits per heavy atom. The number of thioether (sulfide) groups is 1. The summed E-state index contributed by atoms with van der Waals surface area (Å²) in [4.78, 5) is 27.4. The Hall–Kier alpha value is -1.04. The second-order valence-corrected chi connectivity index (χ2v) is 5.00. The monoisotopic (exact) mass is 229 g/mol. The molecule has 0 aromatic carbocycles. The van der Waals surface area contributed by atoms with Crippen molar-refractivity contribution < 1.29 is 0 Å². The van der Waals surface area contributed by atoms with Gasteiger partial charge in [0.05, 0.1) is 0 Å². The average Bonchev–Trinajstić information content (AvgIpc) is 2.09. The molecule has 0 bridgehead atoms. The Morgan fingerprint density at radius 1 is 1.27 bits per heavy atom. The van der Waals surface area contributed by atoms with Crippen molar-refractivity contribution in [2.24, 2.45) is 7.05 Å². The van der Waals surface area contributed by atoms with Gasteiger partial charge >= 0.3 is 11.4 Å². The maximum Gasteiger partial charge on any atom is 0.354 e. The van der Waals surface area contributed by atoms with E-state index in [1.807, 2.05) is 0 Å². The Labute approximate surface area is 92.1 Å². The molecule has 6 heteroatoms. The second kappa shape index (κ2) is 3.84. The highest BCUT2D eigenvalue weighted by molar-refractivity contribution is 7.98. The van der Waals surface area contributed by atoms with Crippen LogP contribution in [-0.4, -0.2) is 20.4 Å². The molecule has 5 nitrogen and oxygen atoms in total. The molecule has 0 unspecified atom stereocenters. The van der Waals surface area contributed by atoms with E-state index in [9.17, 15) is 9.59 Å². The number of rotatable bonds is 1. The highest BCUT2D eigenvalue weighted by Crippen LogP contribution is 2.09. The molecule has 84 valence electrons. The van der Waals surface area contributed by atoms with Crippen LogP contribution in [0.2, 0.25) is 0 Å². The van der Waals surface area contributed by atoms with E-state index >= 15 is 0 Å². The van der Waals surface area contributed by atoms with Crippen molar-refractivity contribution in [2.75, 3.05) is 6.26 Å². The zero-order chi connectivity index (χ0) is 11.8. The van der Waals surface area contributed by atoms with Gasteiger partial charge < -0.3 is 0 Å². The molecule has 0 saturated heterocycles. The van der Waals surface area contributed by atoms with E-state index in [1.165, 1.54) is 16.3 Å². The quantitative estimate of drug-likeness (QED) is 0.655. The summed E-state index contributed by atoms with van der Waals surface area (Å²) in [6.07, 6.45) is 1.78. The highest BCUT2D eigenvalue weighted by atomic mass is 32.2. The van der Waals surface area contributed by atoms with Crippen molar-refractivity contribution in [2.45, 2.75) is 31.5 Å². The van der Waals surface area contributed by atoms with Crippen molar-refractivity contribution in [1.29, 1.82) is 0 Å². The molecule has 0 atom stereocenters. The Balaban J connectivity index is 3.66. The first-order valence-corrected chi connectivity index (χ1v) is 5.76. The maximum absolute atomic E-state index is 11.9. The van der Waals surface area contributed by atoms with Crippen molar-refractivity contribution in [1.82, 2.24) is 14.1 Å². The molecule has 0 N–H and O–H groups in total. The molecule has 15 heavy (non-hydrogen) atoms. The zero-order valence-electron chi connectivity index (χ0n) is 9.57. The average molecular weight is 229 g/mol. The standard InChI is InChI=1S/C9H15N3O2S/c1-9(2,3)12-6(13)10-7(15-5)11(4)8(12)14/h1-5H3. The van der Waals surface area contributed by atoms with Crippen molar-refractivity contribution in [3.63, 3.8) is 0 Å². The fourth-order valence-corrected chi connectivity index (χ4v) is 1.80. The third-order valence-electron chi connectivity index (χ3n) is 2.00. The minimum Gasteiger partial charge on any atom is -0.275 e. The smallest absolute Gasteiger partial charge is 0.275 e. The van der Waals surface area contributed by atoms with Gasteiger partial charge in [-0.25, -0.2) is 14.2 Å². The van der Waals surface area contributed by atoms with Gasteiger partial charge in [-0.1, -0.05) is 11.8 Å². The fourth-order valence-electron chi connectivity index (χ4n) is 1.28. The van der Waals surface area contributed by atoms with Crippen LogP contribution in [0.1, 0.15) is 20.8 Å². The minimum atomic E-state index is -0.546. The van der Waals surface area contributed by atoms with E-state index in [0.29, 0.717) is 5.16 Å². The van der Waals surface area contributed by atoms with Gasteiger partial charge in [0.25, 0.3) is 0 Å². The molecule has 0 fully saturated rings. The molecule has 1 aromatic rings. The normalized spacial score (nSPS) is 11.8. The Morgan fingerprint density at radius 2 is 1.80 bits per heavy atom. The van der Waals surface area contributed by atoms with Gasteiger partial charge in [-0.2, -0.15) is 4.98 Å². The van der Waals surface area contributed by atoms with Crippen LogP contribution in [0.3, 0.4) is 0 Å². The molecule has 0 spiro atoms. The third kappa shape index (κ3) is 2.14. The molecule has 0 radical (unpaired) electrons. The number of hydrogen-bond donors (Lipinski definition) is 0. The first-order valence-electron chi connectivity index (χ1n) is 4.53. The van der Waals surface area contributed by atoms with Gasteiger partial charge in [0.1, 0.15) is 0 Å². The summed E-state index contributed by atoms with van der Waals surface area (Å²) in [6, 6.07) is 0. The maximum atomic E-state index is 11.9. The summed E-state index contributed by atoms with van der Waals surface area (Å²) in [6.45, 7) is 5.41. The van der Waals surface area contributed by atoms with Crippen LogP contribution in [0.5, 0.6) is 0 Å². The van der Waals surface area contributed by atoms with Crippen molar-refractivity contribution in [3.8, 4) is 0 Å². The van der Waals surface area contributed by atoms with Gasteiger partial charge in [-0.3, -0.25) is 4.57 Å². The summed E-state index contributed by atoms with van der Waals surface area (Å²) in [5.41, 5.74) is -1.36. The molecule has 0 saturated carbocycles. The number of aromatic nitrogens is 3. The first-order chi connectivity index (χ1) is 6.79. The van der Waals surface area contributed by atoms with Crippen LogP contribution in [0.15, 0.2) is 14.7 Å². The molecular formula is C9H15N3O2S. The van der Waals surface area contributed by atoms with E-state index in [4.69, 9.17) is 0 Å². The predicted octanol–water partition coefficient (Wildman–Crippen LogP) is 0.419. The van der Waals surface area contributed by atoms with Crippen LogP contribution in [0.25, 0.3) is 0 Å². The molecule has 0 aliphatic rings. The number of nitrogens with zero attached hydrogens (tertiary/aromatic N) is 3. The molecule has 1 aromatic heterocycles. The summed E-state index contributed by atoms with van der Waals surface area (Å²) in [7, 11) is 1.61. The van der Waals surface area contributed by atoms with E-state index < -0.39 is 11.2 Å². The van der Waals surface area contributed by atoms with Crippen LogP contribution in [-0.2, 0) is 12.6 Å². The SMILES string of the molecule is CSc1nc(=O)n(C(C)(C)C)c(=O)n1C. The second-order valence-electron chi connectivity index (χ2n) is 4.23. The molecular weight excluding hydrogens is 214 g/mol. The third-order valence-corrected chi connectivity index (χ3v) is 2.73. The topological polar surface area (TPSA) is 56.9 Å². The van der Waals surface area contributed by atoms with Crippen molar-refractivity contribution in [3.05, 3.63) is 21.0 Å². The largest absolute Gasteiger partial charge is 0.354 e. The lowest BCUT2D eigenvalue weighted by atomic mass is 10.1. The van der Waals surface area contributed by atoms with Crippen molar-refractivity contribution >= 4 is 11.8 Å². The van der Waals surface area contributed by atoms with Crippen LogP contribution in [0, 0.1) is 0 Å². The summed E-state index contributed by atoms with van der Waals surface area (Å²) < 4.78 is 2.55. The van der Waals surface area contributed by atoms with E-state index in [0.717, 1.165) is 4.57 Å². The Kier molecular flexibility index (Phi) is 3.08. The predicted molar refractivity (Wildman–Crippen MR) is 60.5 cm³/mol. The van der Waals surface area contributed by atoms with Gasteiger partial charge in [0.15, 0.2) is 5.16 Å². The van der Waals surface area contributed by atoms with Gasteiger partial charge in [0.2, 0.25) is 0 Å². The van der Waals surface area contributed by atoms with E-state index in [-0.39, 0.29) is 5.69 Å². The lowest BCUT2D eigenvalue weighted by Gasteiger charge is -2.21. The molecule has 0 aliphatic heterocycles. The van der Waals surface area contributed by atoms with Gasteiger partial charge in [-0.05, 0) is 27.0 Å². The fraction of sp³-hybridized carbons (Fsp3) is 0.667. The summed E-state index contributed by atoms with van der Waals surface area (Å²) >= 11 is 1.28. The zero-order valence-corrected chi connectivity index (χ0v) is 10.4. The molecule has 1 heterocycles. The first kappa shape index (κ1) is 12.0. The van der Waals surface area contributed by atoms with Crippen LogP contribution >= 0.6 is 11.8 Å². The number of hydrogen-bond acceptors (Lipinski definition) is 4. The Bertz CT molecular complexity index is 482. The van der Waals surface area contributed by atoms with E-state index in [1.54, 1.807) is 34.1 Å².